The van der Waals surface area contributed by atoms with Gasteiger partial charge in [-0.15, -0.1) is 0 Å². The largest absolute Gasteiger partial charge is 0.325 e. The Morgan fingerprint density at radius 1 is 1.19 bits per heavy atom. The number of carbonyl (C=O) groups is 3. The molecule has 7 heteroatoms. The molecular formula is C20H24N4O3. The number of nitrogens with one attached hydrogen (secondary N) is 1. The zero-order valence-electron chi connectivity index (χ0n) is 15.2. The summed E-state index contributed by atoms with van der Waals surface area (Å²) in [6.45, 7) is 3.29. The van der Waals surface area contributed by atoms with Crippen LogP contribution in [0.1, 0.15) is 47.2 Å². The second-order valence-electron chi connectivity index (χ2n) is 8.47. The predicted molar refractivity (Wildman–Crippen MR) is 97.4 cm³/mol. The van der Waals surface area contributed by atoms with Gasteiger partial charge < -0.3 is 10.6 Å². The molecule has 2 saturated heterocycles. The highest BCUT2D eigenvalue weighted by atomic mass is 16.2. The molecule has 4 aliphatic rings. The monoisotopic (exact) mass is 368 g/mol. The molecule has 27 heavy (non-hydrogen) atoms. The summed E-state index contributed by atoms with van der Waals surface area (Å²) in [7, 11) is 0. The molecule has 1 atom stereocenters. The van der Waals surface area contributed by atoms with Crippen LogP contribution >= 0.6 is 0 Å². The minimum atomic E-state index is -0.559. The van der Waals surface area contributed by atoms with Crippen molar-refractivity contribution in [2.75, 3.05) is 13.1 Å². The van der Waals surface area contributed by atoms with E-state index in [1.54, 1.807) is 4.90 Å². The van der Waals surface area contributed by atoms with Gasteiger partial charge in [-0.1, -0.05) is 12.1 Å². The topological polar surface area (TPSA) is 95.7 Å². The van der Waals surface area contributed by atoms with E-state index in [1.807, 2.05) is 12.1 Å². The molecule has 3 amide bonds. The summed E-state index contributed by atoms with van der Waals surface area (Å²) in [5.41, 5.74) is 9.23. The van der Waals surface area contributed by atoms with Gasteiger partial charge in [0.1, 0.15) is 6.04 Å². The molecule has 0 bridgehead atoms. The summed E-state index contributed by atoms with van der Waals surface area (Å²) >= 11 is 0. The Bertz CT molecular complexity index is 842. The third kappa shape index (κ3) is 2.76. The van der Waals surface area contributed by atoms with Gasteiger partial charge in [-0.05, 0) is 36.5 Å². The number of piperidine rings is 1. The lowest BCUT2D eigenvalue weighted by Crippen LogP contribution is -2.55. The van der Waals surface area contributed by atoms with Gasteiger partial charge in [0.05, 0.1) is 0 Å². The van der Waals surface area contributed by atoms with E-state index in [-0.39, 0.29) is 29.7 Å². The summed E-state index contributed by atoms with van der Waals surface area (Å²) in [6, 6.07) is 5.27. The van der Waals surface area contributed by atoms with Crippen molar-refractivity contribution < 1.29 is 14.4 Å². The van der Waals surface area contributed by atoms with Crippen molar-refractivity contribution in [3.63, 3.8) is 0 Å². The Morgan fingerprint density at radius 3 is 2.67 bits per heavy atom. The highest BCUT2D eigenvalue weighted by Gasteiger charge is 2.50. The maximum absolute atomic E-state index is 12.9. The third-order valence-electron chi connectivity index (χ3n) is 6.67. The Kier molecular flexibility index (Phi) is 3.67. The molecule has 7 nitrogen and oxygen atoms in total. The highest BCUT2D eigenvalue weighted by molar-refractivity contribution is 6.05. The molecular weight excluding hydrogens is 344 g/mol. The van der Waals surface area contributed by atoms with Gasteiger partial charge in [0.2, 0.25) is 11.8 Å². The summed E-state index contributed by atoms with van der Waals surface area (Å²) in [6.07, 6.45) is 2.95. The van der Waals surface area contributed by atoms with Gasteiger partial charge in [-0.3, -0.25) is 24.6 Å². The van der Waals surface area contributed by atoms with Crippen LogP contribution in [0.4, 0.5) is 0 Å². The van der Waals surface area contributed by atoms with Crippen LogP contribution < -0.4 is 11.1 Å². The van der Waals surface area contributed by atoms with Crippen LogP contribution in [0.25, 0.3) is 0 Å². The van der Waals surface area contributed by atoms with E-state index in [0.29, 0.717) is 24.4 Å². The molecule has 1 unspecified atom stereocenters. The van der Waals surface area contributed by atoms with Crippen LogP contribution in [0.2, 0.25) is 0 Å². The van der Waals surface area contributed by atoms with Crippen LogP contribution in [0.5, 0.6) is 0 Å². The Morgan fingerprint density at radius 2 is 1.96 bits per heavy atom. The zero-order valence-corrected chi connectivity index (χ0v) is 15.2. The SMILES string of the molecule is NC1(C2CN(Cc3cccc4c3CN(C3CCC(=O)NC3=O)C4=O)C2)CC1. The second kappa shape index (κ2) is 5.87. The van der Waals surface area contributed by atoms with Crippen molar-refractivity contribution in [2.24, 2.45) is 11.7 Å². The van der Waals surface area contributed by atoms with E-state index in [1.165, 1.54) is 0 Å². The third-order valence-corrected chi connectivity index (χ3v) is 6.67. The molecule has 3 heterocycles. The number of hydrogen-bond donors (Lipinski definition) is 2. The van der Waals surface area contributed by atoms with E-state index in [0.717, 1.165) is 43.6 Å². The van der Waals surface area contributed by atoms with E-state index < -0.39 is 6.04 Å². The van der Waals surface area contributed by atoms with Crippen molar-refractivity contribution in [2.45, 2.75) is 50.4 Å². The summed E-state index contributed by atoms with van der Waals surface area (Å²) in [4.78, 5) is 40.5. The average Bonchev–Trinajstić information content (AvgIpc) is 3.25. The lowest BCUT2D eigenvalue weighted by molar-refractivity contribution is -0.136. The lowest BCUT2D eigenvalue weighted by Gasteiger charge is -2.43. The first kappa shape index (κ1) is 16.9. The van der Waals surface area contributed by atoms with E-state index in [4.69, 9.17) is 5.73 Å². The molecule has 0 aromatic heterocycles. The van der Waals surface area contributed by atoms with Gasteiger partial charge in [-0.25, -0.2) is 0 Å². The number of benzene rings is 1. The van der Waals surface area contributed by atoms with E-state index in [2.05, 4.69) is 16.3 Å². The Balaban J connectivity index is 1.31. The first-order valence-corrected chi connectivity index (χ1v) is 9.71. The normalized spacial score (nSPS) is 27.4. The Hall–Kier alpha value is -2.25. The number of carbonyl (C=O) groups excluding carboxylic acids is 3. The molecule has 0 spiro atoms. The van der Waals surface area contributed by atoms with Gasteiger partial charge in [0.15, 0.2) is 0 Å². The lowest BCUT2D eigenvalue weighted by atomic mass is 9.89. The number of amides is 3. The Labute approximate surface area is 157 Å². The highest BCUT2D eigenvalue weighted by Crippen LogP contribution is 2.44. The van der Waals surface area contributed by atoms with Crippen molar-refractivity contribution >= 4 is 17.7 Å². The van der Waals surface area contributed by atoms with Gasteiger partial charge in [0, 0.05) is 49.6 Å². The molecule has 3 aliphatic heterocycles. The second-order valence-corrected chi connectivity index (χ2v) is 8.47. The van der Waals surface area contributed by atoms with E-state index in [9.17, 15) is 14.4 Å². The fourth-order valence-corrected chi connectivity index (χ4v) is 4.65. The summed E-state index contributed by atoms with van der Waals surface area (Å²) in [5.74, 6) is -0.142. The number of likely N-dealkylation sites (tertiary alicyclic amines) is 1. The van der Waals surface area contributed by atoms with Crippen LogP contribution in [0.3, 0.4) is 0 Å². The first-order valence-electron chi connectivity index (χ1n) is 9.71. The minimum Gasteiger partial charge on any atom is -0.325 e. The quantitative estimate of drug-likeness (QED) is 0.749. The molecule has 1 aromatic carbocycles. The first-order chi connectivity index (χ1) is 12.9. The minimum absolute atomic E-state index is 0.0771. The van der Waals surface area contributed by atoms with Crippen molar-refractivity contribution in [1.82, 2.24) is 15.1 Å². The molecule has 1 saturated carbocycles. The van der Waals surface area contributed by atoms with Crippen molar-refractivity contribution in [1.29, 1.82) is 0 Å². The summed E-state index contributed by atoms with van der Waals surface area (Å²) < 4.78 is 0. The maximum atomic E-state index is 12.9. The van der Waals surface area contributed by atoms with Crippen LogP contribution in [0, 0.1) is 5.92 Å². The zero-order chi connectivity index (χ0) is 18.8. The molecule has 3 fully saturated rings. The number of imide groups is 1. The van der Waals surface area contributed by atoms with Crippen LogP contribution in [-0.4, -0.2) is 52.2 Å². The molecule has 1 aromatic rings. The molecule has 1 aliphatic carbocycles. The standard InChI is InChI=1S/C20H24N4O3/c21-20(6-7-20)13-9-23(10-13)8-12-2-1-3-14-15(12)11-24(19(14)27)16-4-5-17(25)22-18(16)26/h1-3,13,16H,4-11,21H2,(H,22,25,26). The van der Waals surface area contributed by atoms with Crippen molar-refractivity contribution in [3.05, 3.63) is 34.9 Å². The molecule has 142 valence electrons. The number of rotatable bonds is 4. The molecule has 0 radical (unpaired) electrons. The summed E-state index contributed by atoms with van der Waals surface area (Å²) in [5, 5.41) is 2.35. The molecule has 3 N–H and O–H groups in total. The van der Waals surface area contributed by atoms with E-state index >= 15 is 0 Å². The van der Waals surface area contributed by atoms with Gasteiger partial charge in [0.25, 0.3) is 5.91 Å². The van der Waals surface area contributed by atoms with Gasteiger partial charge in [-0.2, -0.15) is 0 Å². The van der Waals surface area contributed by atoms with Crippen LogP contribution in [0.15, 0.2) is 18.2 Å². The van der Waals surface area contributed by atoms with Gasteiger partial charge >= 0.3 is 0 Å². The van der Waals surface area contributed by atoms with Crippen molar-refractivity contribution in [3.8, 4) is 0 Å². The number of fused-ring (bicyclic) bond motifs is 1. The fourth-order valence-electron chi connectivity index (χ4n) is 4.65. The number of nitrogens with two attached hydrogens (primary N) is 1. The van der Waals surface area contributed by atoms with Crippen LogP contribution in [-0.2, 0) is 22.7 Å². The smallest absolute Gasteiger partial charge is 0.255 e. The number of hydrogen-bond acceptors (Lipinski definition) is 5. The maximum Gasteiger partial charge on any atom is 0.255 e. The molecule has 5 rings (SSSR count). The number of nitrogens with zero attached hydrogens (tertiary/aromatic N) is 2. The fraction of sp³-hybridized carbons (Fsp3) is 0.550. The average molecular weight is 368 g/mol. The predicted octanol–water partition coefficient (Wildman–Crippen LogP) is 0.371.